The molecule has 3 rings (SSSR count). The first-order valence-corrected chi connectivity index (χ1v) is 6.56. The van der Waals surface area contributed by atoms with E-state index in [1.54, 1.807) is 30.7 Å². The van der Waals surface area contributed by atoms with E-state index in [0.29, 0.717) is 16.8 Å². The van der Waals surface area contributed by atoms with Crippen LogP contribution in [-0.2, 0) is 6.54 Å². The molecule has 104 valence electrons. The van der Waals surface area contributed by atoms with Gasteiger partial charge in [-0.3, -0.25) is 0 Å². The van der Waals surface area contributed by atoms with Crippen LogP contribution in [0.3, 0.4) is 0 Å². The van der Waals surface area contributed by atoms with E-state index in [0.717, 1.165) is 13.0 Å². The minimum atomic E-state index is -0.948. The highest BCUT2D eigenvalue weighted by molar-refractivity contribution is 5.78. The van der Waals surface area contributed by atoms with E-state index in [2.05, 4.69) is 4.98 Å². The molecule has 20 heavy (non-hydrogen) atoms. The third-order valence-corrected chi connectivity index (χ3v) is 3.27. The van der Waals surface area contributed by atoms with Crippen LogP contribution < -0.4 is 0 Å². The van der Waals surface area contributed by atoms with Crippen LogP contribution in [0.2, 0.25) is 0 Å². The number of para-hydroxylation sites is 1. The monoisotopic (exact) mass is 274 g/mol. The van der Waals surface area contributed by atoms with Gasteiger partial charge in [0.05, 0.1) is 18.2 Å². The van der Waals surface area contributed by atoms with Gasteiger partial charge in [-0.05, 0) is 18.6 Å². The van der Waals surface area contributed by atoms with Crippen LogP contribution in [0, 0.1) is 5.82 Å². The van der Waals surface area contributed by atoms with Gasteiger partial charge in [-0.1, -0.05) is 19.1 Å². The number of hydrogen-bond acceptors (Lipinski definition) is 3. The molecule has 1 unspecified atom stereocenters. The van der Waals surface area contributed by atoms with E-state index in [-0.39, 0.29) is 5.58 Å². The second-order valence-corrected chi connectivity index (χ2v) is 4.72. The number of furan rings is 1. The summed E-state index contributed by atoms with van der Waals surface area (Å²) >= 11 is 0. The van der Waals surface area contributed by atoms with Crippen molar-refractivity contribution in [2.45, 2.75) is 26.0 Å². The molecule has 0 amide bonds. The fraction of sp³-hybridized carbons (Fsp3) is 0.267. The summed E-state index contributed by atoms with van der Waals surface area (Å²) in [6.07, 6.45) is 3.26. The molecule has 1 aromatic carbocycles. The van der Waals surface area contributed by atoms with E-state index in [1.807, 2.05) is 11.5 Å². The second-order valence-electron chi connectivity index (χ2n) is 4.72. The molecule has 0 fully saturated rings. The zero-order valence-corrected chi connectivity index (χ0v) is 11.1. The number of fused-ring (bicyclic) bond motifs is 1. The van der Waals surface area contributed by atoms with Crippen molar-refractivity contribution in [2.24, 2.45) is 0 Å². The predicted octanol–water partition coefficient (Wildman–Crippen LogP) is 3.26. The first kappa shape index (κ1) is 12.9. The maximum absolute atomic E-state index is 13.6. The molecule has 3 aromatic rings. The van der Waals surface area contributed by atoms with Crippen LogP contribution in [0.1, 0.15) is 30.9 Å². The van der Waals surface area contributed by atoms with Crippen LogP contribution in [0.4, 0.5) is 4.39 Å². The van der Waals surface area contributed by atoms with Gasteiger partial charge < -0.3 is 14.1 Å². The van der Waals surface area contributed by atoms with Gasteiger partial charge in [0.1, 0.15) is 5.76 Å². The van der Waals surface area contributed by atoms with Crippen LogP contribution in [0.5, 0.6) is 0 Å². The summed E-state index contributed by atoms with van der Waals surface area (Å²) in [7, 11) is 0. The molecule has 0 aliphatic carbocycles. The number of aliphatic hydroxyl groups is 1. The molecular formula is C15H15FN2O2. The molecule has 0 radical (unpaired) electrons. The Bertz CT molecular complexity index is 732. The van der Waals surface area contributed by atoms with Crippen LogP contribution >= 0.6 is 0 Å². The molecule has 0 bridgehead atoms. The zero-order valence-electron chi connectivity index (χ0n) is 11.1. The lowest BCUT2D eigenvalue weighted by Gasteiger charge is -2.10. The van der Waals surface area contributed by atoms with E-state index < -0.39 is 11.9 Å². The fourth-order valence-electron chi connectivity index (χ4n) is 2.31. The highest BCUT2D eigenvalue weighted by Crippen LogP contribution is 2.29. The summed E-state index contributed by atoms with van der Waals surface area (Å²) in [6, 6.07) is 6.36. The summed E-state index contributed by atoms with van der Waals surface area (Å²) in [4.78, 5) is 4.05. The van der Waals surface area contributed by atoms with Crippen molar-refractivity contribution in [3.05, 3.63) is 54.1 Å². The van der Waals surface area contributed by atoms with Crippen molar-refractivity contribution in [2.75, 3.05) is 0 Å². The third-order valence-electron chi connectivity index (χ3n) is 3.27. The average Bonchev–Trinajstić information content (AvgIpc) is 3.05. The summed E-state index contributed by atoms with van der Waals surface area (Å²) in [5.74, 6) is -0.106. The van der Waals surface area contributed by atoms with E-state index in [4.69, 9.17) is 4.42 Å². The maximum atomic E-state index is 13.6. The Kier molecular flexibility index (Phi) is 3.28. The number of imidazole rings is 1. The molecule has 0 aliphatic rings. The molecule has 0 saturated carbocycles. The lowest BCUT2D eigenvalue weighted by molar-refractivity contribution is 0.182. The largest absolute Gasteiger partial charge is 0.455 e. The first-order chi connectivity index (χ1) is 9.70. The van der Waals surface area contributed by atoms with Crippen molar-refractivity contribution in [3.63, 3.8) is 0 Å². The number of nitrogens with zero attached hydrogens (tertiary/aromatic N) is 2. The predicted molar refractivity (Wildman–Crippen MR) is 72.8 cm³/mol. The normalized spacial score (nSPS) is 12.9. The highest BCUT2D eigenvalue weighted by atomic mass is 19.1. The molecule has 0 spiro atoms. The number of aromatic nitrogens is 2. The van der Waals surface area contributed by atoms with Gasteiger partial charge in [-0.15, -0.1) is 0 Å². The summed E-state index contributed by atoms with van der Waals surface area (Å²) in [6.45, 7) is 2.81. The molecule has 4 nitrogen and oxygen atoms in total. The van der Waals surface area contributed by atoms with Gasteiger partial charge in [0.25, 0.3) is 0 Å². The van der Waals surface area contributed by atoms with Gasteiger partial charge in [0.2, 0.25) is 0 Å². The quantitative estimate of drug-likeness (QED) is 0.794. The molecular weight excluding hydrogens is 259 g/mol. The number of halogens is 1. The Morgan fingerprint density at radius 3 is 3.05 bits per heavy atom. The van der Waals surface area contributed by atoms with Gasteiger partial charge in [-0.2, -0.15) is 0 Å². The van der Waals surface area contributed by atoms with Crippen molar-refractivity contribution >= 4 is 11.0 Å². The van der Waals surface area contributed by atoms with Gasteiger partial charge >= 0.3 is 0 Å². The number of hydrogen-bond donors (Lipinski definition) is 1. The summed E-state index contributed by atoms with van der Waals surface area (Å²) < 4.78 is 20.9. The molecule has 2 aromatic heterocycles. The van der Waals surface area contributed by atoms with E-state index >= 15 is 0 Å². The Morgan fingerprint density at radius 1 is 1.45 bits per heavy atom. The number of benzene rings is 1. The highest BCUT2D eigenvalue weighted by Gasteiger charge is 2.20. The van der Waals surface area contributed by atoms with Gasteiger partial charge in [-0.25, -0.2) is 9.37 Å². The molecule has 2 heterocycles. The minimum Gasteiger partial charge on any atom is -0.455 e. The molecule has 1 N–H and O–H groups in total. The maximum Gasteiger partial charge on any atom is 0.170 e. The average molecular weight is 274 g/mol. The third kappa shape index (κ3) is 2.10. The summed E-state index contributed by atoms with van der Waals surface area (Å²) in [5.41, 5.74) is 0.814. The lowest BCUT2D eigenvalue weighted by atomic mass is 10.2. The van der Waals surface area contributed by atoms with E-state index in [1.165, 1.54) is 6.07 Å². The molecule has 1 atom stereocenters. The van der Waals surface area contributed by atoms with Crippen molar-refractivity contribution in [1.29, 1.82) is 0 Å². The SMILES string of the molecule is CCCn1cncc1C(O)c1cc2cccc(F)c2o1. The fourth-order valence-corrected chi connectivity index (χ4v) is 2.31. The number of rotatable bonds is 4. The first-order valence-electron chi connectivity index (χ1n) is 6.56. The van der Waals surface area contributed by atoms with E-state index in [9.17, 15) is 9.50 Å². The Balaban J connectivity index is 2.01. The van der Waals surface area contributed by atoms with Crippen molar-refractivity contribution in [1.82, 2.24) is 9.55 Å². The van der Waals surface area contributed by atoms with Gasteiger partial charge in [0.15, 0.2) is 17.5 Å². The number of aliphatic hydroxyl groups excluding tert-OH is 1. The van der Waals surface area contributed by atoms with Crippen molar-refractivity contribution < 1.29 is 13.9 Å². The van der Waals surface area contributed by atoms with Crippen LogP contribution in [-0.4, -0.2) is 14.7 Å². The van der Waals surface area contributed by atoms with Gasteiger partial charge in [0, 0.05) is 11.9 Å². The number of aryl methyl sites for hydroxylation is 1. The van der Waals surface area contributed by atoms with Crippen LogP contribution in [0.15, 0.2) is 41.2 Å². The summed E-state index contributed by atoms with van der Waals surface area (Å²) in [5, 5.41) is 11.0. The standard InChI is InChI=1S/C15H15FN2O2/c1-2-6-18-9-17-8-12(18)14(19)13-7-10-4-3-5-11(16)15(10)20-13/h3-5,7-9,14,19H,2,6H2,1H3. The minimum absolute atomic E-state index is 0.170. The second kappa shape index (κ2) is 5.09. The lowest BCUT2D eigenvalue weighted by Crippen LogP contribution is -2.07. The van der Waals surface area contributed by atoms with Crippen LogP contribution in [0.25, 0.3) is 11.0 Å². The smallest absolute Gasteiger partial charge is 0.170 e. The Morgan fingerprint density at radius 2 is 2.30 bits per heavy atom. The van der Waals surface area contributed by atoms with Crippen molar-refractivity contribution in [3.8, 4) is 0 Å². The molecule has 0 aliphatic heterocycles. The Hall–Kier alpha value is -2.14. The molecule has 0 saturated heterocycles. The zero-order chi connectivity index (χ0) is 14.1. The topological polar surface area (TPSA) is 51.2 Å². The Labute approximate surface area is 115 Å². The molecule has 5 heteroatoms.